The molecule has 4 heavy (non-hydrogen) atoms. The summed E-state index contributed by atoms with van der Waals surface area (Å²) in [7, 11) is 0. The molecule has 0 heterocycles. The van der Waals surface area contributed by atoms with Crippen molar-refractivity contribution in [3.63, 3.8) is 0 Å². The van der Waals surface area contributed by atoms with Crippen LogP contribution in [0.5, 0.6) is 0 Å². The van der Waals surface area contributed by atoms with E-state index in [0.29, 0.717) is 0 Å². The smallest absolute Gasteiger partial charge is 1.00 e. The molecule has 0 saturated heterocycles. The molecule has 23 valence electrons. The van der Waals surface area contributed by atoms with Crippen LogP contribution in [0.3, 0.4) is 0 Å². The number of hydrogen-bond acceptors (Lipinski definition) is 0. The van der Waals surface area contributed by atoms with Crippen LogP contribution in [0.15, 0.2) is 0 Å². The Morgan fingerprint density at radius 1 is 0.750 bits per heavy atom. The van der Waals surface area contributed by atoms with Crippen LogP contribution in [0, 0.1) is 38.2 Å². The predicted molar refractivity (Wildman–Crippen MR) is 0 cm³/mol. The van der Waals surface area contributed by atoms with Gasteiger partial charge in [-0.3, -0.25) is 0 Å². The third-order valence-corrected chi connectivity index (χ3v) is 0. The first kappa shape index (κ1) is 42.8. The van der Waals surface area contributed by atoms with Crippen LogP contribution >= 0.6 is 0 Å². The average Bonchev–Trinajstić information content (AvgIpc) is 0. The summed E-state index contributed by atoms with van der Waals surface area (Å²) in [5, 5.41) is 0. The second-order valence-corrected chi connectivity index (χ2v) is 0. The summed E-state index contributed by atoms with van der Waals surface area (Å²) in [6.45, 7) is 0. The van der Waals surface area contributed by atoms with E-state index in [1.165, 1.54) is 0 Å². The van der Waals surface area contributed by atoms with Crippen molar-refractivity contribution in [2.45, 2.75) is 0 Å². The molecular weight excluding hydrogens is 207 g/mol. The zero-order valence-corrected chi connectivity index (χ0v) is 4.10. The molecular formula is DyF2Li+2. The first-order valence-electron chi connectivity index (χ1n) is 0. The van der Waals surface area contributed by atoms with Gasteiger partial charge in [0, 0.05) is 0 Å². The van der Waals surface area contributed by atoms with Crippen LogP contribution in [0.25, 0.3) is 0 Å². The zero-order chi connectivity index (χ0) is 0. The van der Waals surface area contributed by atoms with Crippen LogP contribution in [0.4, 0.5) is 0 Å². The van der Waals surface area contributed by atoms with Gasteiger partial charge >= 0.3 is 57.0 Å². The van der Waals surface area contributed by atoms with Crippen molar-refractivity contribution < 1.29 is 66.4 Å². The fraction of sp³-hybridized carbons (Fsp3) is 0. The fourth-order valence-corrected chi connectivity index (χ4v) is 0. The minimum atomic E-state index is 0. The topological polar surface area (TPSA) is 0 Å². The van der Waals surface area contributed by atoms with Gasteiger partial charge in [-0.25, -0.2) is 0 Å². The Morgan fingerprint density at radius 3 is 0.750 bits per heavy atom. The van der Waals surface area contributed by atoms with E-state index < -0.39 is 0 Å². The molecule has 0 aromatic heterocycles. The third-order valence-electron chi connectivity index (χ3n) is 0. The SMILES string of the molecule is [Dy+3].[F-].[F-].[Li+]. The second kappa shape index (κ2) is 22.0. The molecule has 0 spiro atoms. The molecule has 0 aromatic carbocycles. The maximum Gasteiger partial charge on any atom is 3.00 e. The monoisotopic (exact) mass is 209 g/mol. The minimum absolute atomic E-state index is 0. The summed E-state index contributed by atoms with van der Waals surface area (Å²) in [6.07, 6.45) is 0. The van der Waals surface area contributed by atoms with Crippen molar-refractivity contribution in [1.82, 2.24) is 0 Å². The Hall–Kier alpha value is 1.73. The Labute approximate surface area is 65.6 Å². The molecule has 0 unspecified atom stereocenters. The summed E-state index contributed by atoms with van der Waals surface area (Å²) in [4.78, 5) is 0. The number of hydrogen-bond donors (Lipinski definition) is 0. The molecule has 0 nitrogen and oxygen atoms in total. The summed E-state index contributed by atoms with van der Waals surface area (Å²) >= 11 is 0. The predicted octanol–water partition coefficient (Wildman–Crippen LogP) is -8.99. The van der Waals surface area contributed by atoms with E-state index in [1.54, 1.807) is 0 Å². The van der Waals surface area contributed by atoms with E-state index >= 15 is 0 Å². The maximum absolute atomic E-state index is 0. The molecule has 0 amide bonds. The molecule has 4 heteroatoms. The largest absolute Gasteiger partial charge is 3.00 e. The number of rotatable bonds is 0. The van der Waals surface area contributed by atoms with Crippen molar-refractivity contribution in [3.05, 3.63) is 0 Å². The maximum atomic E-state index is 0. The second-order valence-electron chi connectivity index (χ2n) is 0. The molecule has 0 bridgehead atoms. The molecule has 0 aliphatic heterocycles. The quantitative estimate of drug-likeness (QED) is 0.346. The van der Waals surface area contributed by atoms with Gasteiger partial charge in [0.15, 0.2) is 0 Å². The van der Waals surface area contributed by atoms with E-state index in [0.717, 1.165) is 0 Å². The van der Waals surface area contributed by atoms with E-state index in [9.17, 15) is 0 Å². The van der Waals surface area contributed by atoms with Gasteiger partial charge in [-0.2, -0.15) is 0 Å². The Kier molecular flexibility index (Phi) is 235. The van der Waals surface area contributed by atoms with Crippen molar-refractivity contribution in [2.24, 2.45) is 0 Å². The Bertz CT molecular complexity index is 6.00. The molecule has 0 saturated carbocycles. The van der Waals surface area contributed by atoms with Crippen molar-refractivity contribution >= 4 is 0 Å². The van der Waals surface area contributed by atoms with Crippen LogP contribution in [0.2, 0.25) is 0 Å². The van der Waals surface area contributed by atoms with Crippen LogP contribution < -0.4 is 28.3 Å². The Balaban J connectivity index is 0. The van der Waals surface area contributed by atoms with Crippen molar-refractivity contribution in [2.75, 3.05) is 0 Å². The molecule has 0 aliphatic rings. The first-order chi connectivity index (χ1) is 0. The molecule has 0 fully saturated rings. The van der Waals surface area contributed by atoms with Gasteiger partial charge in [0.2, 0.25) is 0 Å². The molecule has 0 rings (SSSR count). The van der Waals surface area contributed by atoms with Crippen LogP contribution in [-0.2, 0) is 0 Å². The van der Waals surface area contributed by atoms with Crippen molar-refractivity contribution in [1.29, 1.82) is 0 Å². The van der Waals surface area contributed by atoms with Gasteiger partial charge in [0.1, 0.15) is 0 Å². The molecule has 0 N–H and O–H groups in total. The summed E-state index contributed by atoms with van der Waals surface area (Å²) in [6, 6.07) is 0. The summed E-state index contributed by atoms with van der Waals surface area (Å²) in [5.74, 6) is 0. The minimum Gasteiger partial charge on any atom is -1.00 e. The standard InChI is InChI=1S/Dy.2FH.Li/h;2*1H;/q+3;;;+1/p-2. The molecule has 0 aromatic rings. The van der Waals surface area contributed by atoms with Gasteiger partial charge in [0.05, 0.1) is 0 Å². The third kappa shape index (κ3) is 9.29. The fourth-order valence-electron chi connectivity index (χ4n) is 0. The van der Waals surface area contributed by atoms with Crippen LogP contribution in [0.1, 0.15) is 0 Å². The zero-order valence-electron chi connectivity index (χ0n) is 2.07. The van der Waals surface area contributed by atoms with E-state index in [-0.39, 0.29) is 66.4 Å². The molecule has 0 atom stereocenters. The van der Waals surface area contributed by atoms with Gasteiger partial charge in [-0.1, -0.05) is 0 Å². The van der Waals surface area contributed by atoms with Crippen molar-refractivity contribution in [3.8, 4) is 0 Å². The van der Waals surface area contributed by atoms with Gasteiger partial charge < -0.3 is 9.41 Å². The van der Waals surface area contributed by atoms with Gasteiger partial charge in [-0.15, -0.1) is 0 Å². The normalized spacial score (nSPS) is 0. The Morgan fingerprint density at radius 2 is 0.750 bits per heavy atom. The number of halogens is 2. The van der Waals surface area contributed by atoms with E-state index in [1.807, 2.05) is 0 Å². The summed E-state index contributed by atoms with van der Waals surface area (Å²) in [5.41, 5.74) is 0. The molecule has 1 radical (unpaired) electrons. The summed E-state index contributed by atoms with van der Waals surface area (Å²) < 4.78 is 0. The van der Waals surface area contributed by atoms with Gasteiger partial charge in [-0.05, 0) is 0 Å². The van der Waals surface area contributed by atoms with E-state index in [4.69, 9.17) is 0 Å². The average molecular weight is 207 g/mol. The first-order valence-corrected chi connectivity index (χ1v) is 0. The van der Waals surface area contributed by atoms with Gasteiger partial charge in [0.25, 0.3) is 0 Å². The van der Waals surface area contributed by atoms with E-state index in [2.05, 4.69) is 0 Å². The molecule has 0 aliphatic carbocycles. The van der Waals surface area contributed by atoms with Crippen LogP contribution in [-0.4, -0.2) is 0 Å².